The number of hydrogen-bond donors (Lipinski definition) is 0. The summed E-state index contributed by atoms with van der Waals surface area (Å²) >= 11 is 0. The van der Waals surface area contributed by atoms with E-state index in [1.807, 2.05) is 30.3 Å². The molecular weight excluding hydrogens is 270 g/mol. The number of hydrogen-bond acceptors (Lipinski definition) is 6. The van der Waals surface area contributed by atoms with E-state index >= 15 is 0 Å². The number of oxazole rings is 1. The largest absolute Gasteiger partial charge is 0.497 e. The van der Waals surface area contributed by atoms with Crippen LogP contribution in [0.2, 0.25) is 0 Å². The van der Waals surface area contributed by atoms with Gasteiger partial charge in [-0.3, -0.25) is 0 Å². The summed E-state index contributed by atoms with van der Waals surface area (Å²) in [6, 6.07) is 9.31. The number of methoxy groups -OCH3 is 1. The molecule has 0 saturated heterocycles. The number of aromatic nitrogens is 4. The van der Waals surface area contributed by atoms with Crippen LogP contribution in [0.1, 0.15) is 11.5 Å². The smallest absolute Gasteiger partial charge is 0.252 e. The third kappa shape index (κ3) is 2.74. The van der Waals surface area contributed by atoms with Crippen molar-refractivity contribution in [3.8, 4) is 23.3 Å². The van der Waals surface area contributed by atoms with Crippen LogP contribution in [-0.4, -0.2) is 26.9 Å². The zero-order chi connectivity index (χ0) is 14.7. The summed E-state index contributed by atoms with van der Waals surface area (Å²) in [7, 11) is 1.62. The van der Waals surface area contributed by atoms with Crippen LogP contribution in [0.3, 0.4) is 0 Å². The van der Waals surface area contributed by atoms with E-state index in [2.05, 4.69) is 15.1 Å². The number of nitrogens with zero attached hydrogens (tertiary/aromatic N) is 5. The molecule has 0 atom stereocenters. The molecule has 2 heterocycles. The van der Waals surface area contributed by atoms with Gasteiger partial charge in [-0.05, 0) is 24.3 Å². The van der Waals surface area contributed by atoms with Gasteiger partial charge in [-0.15, -0.1) is 5.10 Å². The Balaban J connectivity index is 1.77. The maximum Gasteiger partial charge on any atom is 0.252 e. The first-order valence-electron chi connectivity index (χ1n) is 6.17. The van der Waals surface area contributed by atoms with Crippen molar-refractivity contribution in [2.45, 2.75) is 6.54 Å². The molecule has 3 rings (SSSR count). The number of ether oxygens (including phenoxy) is 1. The maximum absolute atomic E-state index is 8.68. The van der Waals surface area contributed by atoms with Crippen molar-refractivity contribution in [1.82, 2.24) is 19.7 Å². The second-order valence-electron chi connectivity index (χ2n) is 4.25. The van der Waals surface area contributed by atoms with E-state index in [-0.39, 0.29) is 5.82 Å². The van der Waals surface area contributed by atoms with Crippen molar-refractivity contribution in [1.29, 1.82) is 5.26 Å². The Morgan fingerprint density at radius 1 is 1.33 bits per heavy atom. The van der Waals surface area contributed by atoms with Crippen LogP contribution in [0.4, 0.5) is 0 Å². The Kier molecular flexibility index (Phi) is 3.35. The van der Waals surface area contributed by atoms with Gasteiger partial charge in [-0.25, -0.2) is 14.6 Å². The minimum absolute atomic E-state index is 0.133. The van der Waals surface area contributed by atoms with Gasteiger partial charge >= 0.3 is 0 Å². The zero-order valence-corrected chi connectivity index (χ0v) is 11.2. The summed E-state index contributed by atoms with van der Waals surface area (Å²) in [5, 5.41) is 12.7. The predicted molar refractivity (Wildman–Crippen MR) is 72.3 cm³/mol. The first kappa shape index (κ1) is 12.9. The normalized spacial score (nSPS) is 10.3. The molecule has 0 saturated carbocycles. The molecule has 7 heteroatoms. The van der Waals surface area contributed by atoms with Crippen LogP contribution in [0.25, 0.3) is 11.5 Å². The zero-order valence-electron chi connectivity index (χ0n) is 11.2. The standard InChI is InChI=1S/C14H11N5O2/c1-20-12-4-2-10(3-5-12)14-17-11(8-21-14)7-19-9-16-13(6-15)18-19/h2-5,8-9H,7H2,1H3. The lowest BCUT2D eigenvalue weighted by molar-refractivity contribution is 0.415. The molecule has 0 aliphatic carbocycles. The van der Waals surface area contributed by atoms with Crippen molar-refractivity contribution in [2.24, 2.45) is 0 Å². The summed E-state index contributed by atoms with van der Waals surface area (Å²) < 4.78 is 12.1. The Hall–Kier alpha value is -3.14. The molecule has 21 heavy (non-hydrogen) atoms. The minimum atomic E-state index is 0.133. The number of nitriles is 1. The summed E-state index contributed by atoms with van der Waals surface area (Å²) in [4.78, 5) is 8.22. The average molecular weight is 281 g/mol. The molecule has 0 unspecified atom stereocenters. The van der Waals surface area contributed by atoms with Gasteiger partial charge in [0.1, 0.15) is 30.1 Å². The lowest BCUT2D eigenvalue weighted by Crippen LogP contribution is -2.00. The van der Waals surface area contributed by atoms with Crippen LogP contribution in [-0.2, 0) is 6.54 Å². The quantitative estimate of drug-likeness (QED) is 0.725. The second-order valence-corrected chi connectivity index (χ2v) is 4.25. The highest BCUT2D eigenvalue weighted by Gasteiger charge is 2.08. The van der Waals surface area contributed by atoms with Crippen LogP contribution in [0.5, 0.6) is 5.75 Å². The van der Waals surface area contributed by atoms with Crippen LogP contribution in [0.15, 0.2) is 41.3 Å². The molecule has 0 N–H and O–H groups in total. The van der Waals surface area contributed by atoms with Gasteiger partial charge in [0.05, 0.1) is 13.7 Å². The minimum Gasteiger partial charge on any atom is -0.497 e. The molecule has 0 aliphatic rings. The summed E-state index contributed by atoms with van der Waals surface area (Å²) in [6.07, 6.45) is 3.05. The van der Waals surface area contributed by atoms with Gasteiger partial charge in [0, 0.05) is 5.56 Å². The highest BCUT2D eigenvalue weighted by atomic mass is 16.5. The third-order valence-electron chi connectivity index (χ3n) is 2.85. The lowest BCUT2D eigenvalue weighted by Gasteiger charge is -1.99. The summed E-state index contributed by atoms with van der Waals surface area (Å²) in [6.45, 7) is 0.397. The molecule has 1 aromatic carbocycles. The van der Waals surface area contributed by atoms with E-state index in [1.54, 1.807) is 13.4 Å². The van der Waals surface area contributed by atoms with Crippen molar-refractivity contribution < 1.29 is 9.15 Å². The topological polar surface area (TPSA) is 89.8 Å². The van der Waals surface area contributed by atoms with Crippen molar-refractivity contribution >= 4 is 0 Å². The molecule has 0 amide bonds. The Bertz CT molecular complexity index is 782. The first-order valence-corrected chi connectivity index (χ1v) is 6.17. The van der Waals surface area contributed by atoms with Crippen LogP contribution < -0.4 is 4.74 Å². The predicted octanol–water partition coefficient (Wildman–Crippen LogP) is 1.86. The van der Waals surface area contributed by atoms with Crippen molar-refractivity contribution in [3.05, 3.63) is 48.4 Å². The second kappa shape index (κ2) is 5.46. The van der Waals surface area contributed by atoms with Gasteiger partial charge in [0.2, 0.25) is 5.89 Å². The molecule has 104 valence electrons. The van der Waals surface area contributed by atoms with E-state index in [9.17, 15) is 0 Å². The van der Waals surface area contributed by atoms with Gasteiger partial charge in [0.15, 0.2) is 0 Å². The van der Waals surface area contributed by atoms with Crippen LogP contribution in [0, 0.1) is 11.3 Å². The summed E-state index contributed by atoms with van der Waals surface area (Å²) in [5.74, 6) is 1.43. The Labute approximate surface area is 120 Å². The molecule has 3 aromatic rings. The fourth-order valence-corrected chi connectivity index (χ4v) is 1.83. The lowest BCUT2D eigenvalue weighted by atomic mass is 10.2. The number of benzene rings is 1. The van der Waals surface area contributed by atoms with Crippen molar-refractivity contribution in [3.63, 3.8) is 0 Å². The van der Waals surface area contributed by atoms with Crippen LogP contribution >= 0.6 is 0 Å². The fraction of sp³-hybridized carbons (Fsp3) is 0.143. The Morgan fingerprint density at radius 2 is 2.14 bits per heavy atom. The average Bonchev–Trinajstić information content (AvgIpc) is 3.17. The highest BCUT2D eigenvalue weighted by Crippen LogP contribution is 2.21. The van der Waals surface area contributed by atoms with E-state index in [1.165, 1.54) is 11.0 Å². The molecule has 2 aromatic heterocycles. The molecule has 0 bridgehead atoms. The van der Waals surface area contributed by atoms with E-state index in [0.717, 1.165) is 11.3 Å². The molecule has 0 aliphatic heterocycles. The van der Waals surface area contributed by atoms with E-state index in [4.69, 9.17) is 14.4 Å². The van der Waals surface area contributed by atoms with Gasteiger partial charge in [0.25, 0.3) is 5.82 Å². The maximum atomic E-state index is 8.68. The molecule has 0 fully saturated rings. The monoisotopic (exact) mass is 281 g/mol. The van der Waals surface area contributed by atoms with Gasteiger partial charge in [-0.2, -0.15) is 5.26 Å². The van der Waals surface area contributed by atoms with E-state index < -0.39 is 0 Å². The molecule has 0 spiro atoms. The Morgan fingerprint density at radius 3 is 2.81 bits per heavy atom. The third-order valence-corrected chi connectivity index (χ3v) is 2.85. The first-order chi connectivity index (χ1) is 10.3. The summed E-state index contributed by atoms with van der Waals surface area (Å²) in [5.41, 5.74) is 1.56. The molecule has 7 nitrogen and oxygen atoms in total. The van der Waals surface area contributed by atoms with E-state index in [0.29, 0.717) is 18.1 Å². The number of rotatable bonds is 4. The molecule has 0 radical (unpaired) electrons. The highest BCUT2D eigenvalue weighted by molar-refractivity contribution is 5.54. The SMILES string of the molecule is COc1ccc(-c2nc(Cn3cnc(C#N)n3)co2)cc1. The van der Waals surface area contributed by atoms with Gasteiger partial charge in [-0.1, -0.05) is 0 Å². The fourth-order valence-electron chi connectivity index (χ4n) is 1.83. The van der Waals surface area contributed by atoms with Gasteiger partial charge < -0.3 is 9.15 Å². The molecular formula is C14H11N5O2. The van der Waals surface area contributed by atoms with Crippen molar-refractivity contribution in [2.75, 3.05) is 7.11 Å².